The van der Waals surface area contributed by atoms with Gasteiger partial charge in [0.15, 0.2) is 0 Å². The van der Waals surface area contributed by atoms with Crippen LogP contribution in [0, 0.1) is 14.9 Å². The molecule has 0 fully saturated rings. The molecule has 0 N–H and O–H groups in total. The second-order valence-electron chi connectivity index (χ2n) is 2.97. The molecule has 6 heteroatoms. The van der Waals surface area contributed by atoms with Gasteiger partial charge in [-0.3, -0.25) is 0 Å². The van der Waals surface area contributed by atoms with Gasteiger partial charge >= 0.3 is 107 Å². The molecule has 1 aromatic carbocycles. The molecule has 0 saturated heterocycles. The molecule has 0 spiro atoms. The van der Waals surface area contributed by atoms with Gasteiger partial charge < -0.3 is 0 Å². The van der Waals surface area contributed by atoms with Gasteiger partial charge in [0.25, 0.3) is 0 Å². The molecule has 0 atom stereocenters. The molecule has 0 bridgehead atoms. The molecule has 5 nitrogen and oxygen atoms in total. The van der Waals surface area contributed by atoms with E-state index in [1.807, 2.05) is 6.07 Å². The monoisotopic (exact) mass is 347 g/mol. The van der Waals surface area contributed by atoms with Crippen LogP contribution in [0.4, 0.5) is 0 Å². The van der Waals surface area contributed by atoms with Crippen molar-refractivity contribution >= 4 is 32.6 Å². The van der Waals surface area contributed by atoms with Gasteiger partial charge in [-0.15, -0.1) is 0 Å². The molecule has 1 aromatic rings. The fourth-order valence-corrected chi connectivity index (χ4v) is 3.60. The third-order valence-electron chi connectivity index (χ3n) is 1.51. The van der Waals surface area contributed by atoms with Crippen LogP contribution < -0.4 is 0 Å². The van der Waals surface area contributed by atoms with E-state index in [1.165, 1.54) is 13.8 Å². The van der Waals surface area contributed by atoms with Gasteiger partial charge in [-0.05, 0) is 0 Å². The summed E-state index contributed by atoms with van der Waals surface area (Å²) >= 11 is -2.74. The van der Waals surface area contributed by atoms with E-state index < -0.39 is 32.6 Å². The standard InChI is InChI=1S/C11H10INO4/c1-8(14)16-12(17-9(2)15)11-5-3-10(7-13)4-6-11/h3-6H,1-2H3. The van der Waals surface area contributed by atoms with E-state index in [2.05, 4.69) is 0 Å². The van der Waals surface area contributed by atoms with Gasteiger partial charge in [0.1, 0.15) is 0 Å². The van der Waals surface area contributed by atoms with Crippen LogP contribution in [0.3, 0.4) is 0 Å². The number of halogens is 1. The molecule has 90 valence electrons. The number of hydrogen-bond acceptors (Lipinski definition) is 5. The van der Waals surface area contributed by atoms with E-state index in [0.717, 1.165) is 0 Å². The van der Waals surface area contributed by atoms with Crippen LogP contribution in [-0.2, 0) is 15.7 Å². The van der Waals surface area contributed by atoms with Gasteiger partial charge in [0.05, 0.1) is 0 Å². The van der Waals surface area contributed by atoms with Crippen molar-refractivity contribution in [3.63, 3.8) is 0 Å². The van der Waals surface area contributed by atoms with Crippen LogP contribution in [0.1, 0.15) is 19.4 Å². The Morgan fingerprint density at radius 2 is 1.59 bits per heavy atom. The van der Waals surface area contributed by atoms with Crippen LogP contribution in [-0.4, -0.2) is 11.9 Å². The third kappa shape index (κ3) is 4.40. The Kier molecular flexibility index (Phi) is 4.90. The first-order valence-electron chi connectivity index (χ1n) is 4.61. The normalized spacial score (nSPS) is 10.1. The Labute approximate surface area is 107 Å². The first-order chi connectivity index (χ1) is 8.02. The summed E-state index contributed by atoms with van der Waals surface area (Å²) in [5.74, 6) is -0.971. The number of nitriles is 1. The summed E-state index contributed by atoms with van der Waals surface area (Å²) in [7, 11) is 0. The van der Waals surface area contributed by atoms with Crippen LogP contribution in [0.2, 0.25) is 0 Å². The van der Waals surface area contributed by atoms with Crippen molar-refractivity contribution < 1.29 is 15.7 Å². The molecule has 1 rings (SSSR count). The Hall–Kier alpha value is -1.62. The van der Waals surface area contributed by atoms with Crippen LogP contribution in [0.15, 0.2) is 24.3 Å². The molecular weight excluding hydrogens is 337 g/mol. The molecule has 0 aliphatic carbocycles. The Balaban J connectivity index is 2.91. The fourth-order valence-electron chi connectivity index (χ4n) is 0.929. The summed E-state index contributed by atoms with van der Waals surface area (Å²) in [6.07, 6.45) is 0. The molecule has 0 heterocycles. The number of carbonyl (C=O) groups excluding carboxylic acids is 2. The zero-order chi connectivity index (χ0) is 12.8. The molecule has 0 aromatic heterocycles. The topological polar surface area (TPSA) is 76.4 Å². The number of hydrogen-bond donors (Lipinski definition) is 0. The quantitative estimate of drug-likeness (QED) is 0.784. The molecule has 0 aliphatic rings. The van der Waals surface area contributed by atoms with Gasteiger partial charge in [-0.25, -0.2) is 0 Å². The molecule has 0 radical (unpaired) electrons. The second-order valence-corrected chi connectivity index (χ2v) is 6.34. The average molecular weight is 347 g/mol. The van der Waals surface area contributed by atoms with Crippen molar-refractivity contribution in [2.75, 3.05) is 0 Å². The van der Waals surface area contributed by atoms with Crippen LogP contribution in [0.25, 0.3) is 0 Å². The van der Waals surface area contributed by atoms with E-state index >= 15 is 0 Å². The van der Waals surface area contributed by atoms with Crippen molar-refractivity contribution in [2.24, 2.45) is 0 Å². The first kappa shape index (κ1) is 13.4. The van der Waals surface area contributed by atoms with Crippen molar-refractivity contribution in [3.8, 4) is 6.07 Å². The van der Waals surface area contributed by atoms with Gasteiger partial charge in [0, 0.05) is 0 Å². The van der Waals surface area contributed by atoms with Crippen molar-refractivity contribution in [2.45, 2.75) is 13.8 Å². The summed E-state index contributed by atoms with van der Waals surface area (Å²) < 4.78 is 10.7. The Bertz CT molecular complexity index is 447. The molecule has 0 amide bonds. The summed E-state index contributed by atoms with van der Waals surface area (Å²) in [6.45, 7) is 2.52. The zero-order valence-electron chi connectivity index (χ0n) is 9.27. The summed E-state index contributed by atoms with van der Waals surface area (Å²) in [5, 5.41) is 8.65. The van der Waals surface area contributed by atoms with E-state index in [9.17, 15) is 9.59 Å². The molecular formula is C11H10INO4. The second kappa shape index (κ2) is 6.20. The van der Waals surface area contributed by atoms with E-state index in [4.69, 9.17) is 11.4 Å². The van der Waals surface area contributed by atoms with Gasteiger partial charge in [0.2, 0.25) is 0 Å². The SMILES string of the molecule is CC(=O)OI(OC(C)=O)c1ccc(C#N)cc1. The summed E-state index contributed by atoms with van der Waals surface area (Å²) in [5.41, 5.74) is 0.496. The molecule has 17 heavy (non-hydrogen) atoms. The number of rotatable bonds is 3. The number of nitrogens with zero attached hydrogens (tertiary/aromatic N) is 1. The number of benzene rings is 1. The van der Waals surface area contributed by atoms with E-state index in [-0.39, 0.29) is 0 Å². The van der Waals surface area contributed by atoms with Crippen molar-refractivity contribution in [1.29, 1.82) is 5.26 Å². The average Bonchev–Trinajstić information content (AvgIpc) is 2.27. The minimum atomic E-state index is -2.74. The maximum absolute atomic E-state index is 10.9. The Morgan fingerprint density at radius 3 is 1.94 bits per heavy atom. The Morgan fingerprint density at radius 1 is 1.12 bits per heavy atom. The predicted molar refractivity (Wildman–Crippen MR) is 67.4 cm³/mol. The maximum atomic E-state index is 10.9. The van der Waals surface area contributed by atoms with Crippen LogP contribution >= 0.6 is 20.6 Å². The van der Waals surface area contributed by atoms with E-state index in [0.29, 0.717) is 9.13 Å². The number of carbonyl (C=O) groups is 2. The van der Waals surface area contributed by atoms with Gasteiger partial charge in [-0.1, -0.05) is 0 Å². The molecule has 0 aliphatic heterocycles. The van der Waals surface area contributed by atoms with Crippen molar-refractivity contribution in [3.05, 3.63) is 33.4 Å². The fraction of sp³-hybridized carbons (Fsp3) is 0.182. The molecule has 0 unspecified atom stereocenters. The minimum absolute atomic E-state index is 0.485. The van der Waals surface area contributed by atoms with E-state index in [1.54, 1.807) is 24.3 Å². The summed E-state index contributed by atoms with van der Waals surface area (Å²) in [6, 6.07) is 8.43. The predicted octanol–water partition coefficient (Wildman–Crippen LogP) is 2.19. The molecule has 0 saturated carbocycles. The first-order valence-corrected chi connectivity index (χ1v) is 7.45. The van der Waals surface area contributed by atoms with Crippen LogP contribution in [0.5, 0.6) is 0 Å². The van der Waals surface area contributed by atoms with Gasteiger partial charge in [-0.2, -0.15) is 0 Å². The van der Waals surface area contributed by atoms with Crippen molar-refractivity contribution in [1.82, 2.24) is 0 Å². The zero-order valence-corrected chi connectivity index (χ0v) is 11.4. The summed E-state index contributed by atoms with van der Waals surface area (Å²) in [4.78, 5) is 21.8. The third-order valence-corrected chi connectivity index (χ3v) is 5.29.